The molecule has 63 heavy (non-hydrogen) atoms. The lowest BCUT2D eigenvalue weighted by atomic mass is 10.00. The maximum Gasteiger partial charge on any atom is 0.524 e. The average Bonchev–Trinajstić information content (AvgIpc) is 3.52. The molecule has 8 rings (SSSR count). The summed E-state index contributed by atoms with van der Waals surface area (Å²) in [7, 11) is -2.12. The quantitative estimate of drug-likeness (QED) is 0.0508. The van der Waals surface area contributed by atoms with Gasteiger partial charge in [-0.2, -0.15) is 10.2 Å². The van der Waals surface area contributed by atoms with Gasteiger partial charge >= 0.3 is 13.9 Å². The second-order valence-electron chi connectivity index (χ2n) is 14.8. The molecule has 332 valence electrons. The van der Waals surface area contributed by atoms with Gasteiger partial charge in [-0.3, -0.25) is 38.3 Å². The Hall–Kier alpha value is -4.71. The number of benzene rings is 1. The zero-order chi connectivity index (χ0) is 44.8. The minimum atomic E-state index is -4.52. The topological polar surface area (TPSA) is 298 Å². The van der Waals surface area contributed by atoms with E-state index in [9.17, 15) is 24.4 Å². The number of hydrogen-bond acceptors (Lipinski definition) is 19. The molecule has 23 nitrogen and oxygen atoms in total. The van der Waals surface area contributed by atoms with E-state index in [2.05, 4.69) is 40.5 Å². The van der Waals surface area contributed by atoms with Crippen LogP contribution in [0.5, 0.6) is 0 Å². The van der Waals surface area contributed by atoms with Gasteiger partial charge in [-0.25, -0.2) is 24.3 Å². The van der Waals surface area contributed by atoms with Crippen molar-refractivity contribution in [3.05, 3.63) is 65.2 Å². The predicted molar refractivity (Wildman–Crippen MR) is 222 cm³/mol. The molecule has 3 saturated heterocycles. The van der Waals surface area contributed by atoms with Crippen LogP contribution >= 0.6 is 13.9 Å². The SMILES string of the molecule is CC(C)C(=O)Nc1nc2c(ncn2[C@@H]2O[C@H](CO)[C@H](F)[C@H]2OP(O)(=S)OCC2(C)O[C@@H](n3cnc4c(NC(=O)c5ccccc5)ncnc43)[C@@H]3O[C@]32O[P+](=S)OCCC#N)c(=O)[nH]1. The number of amides is 2. The fraction of sp³-hybridized carbons (Fsp3) is 0.457. The van der Waals surface area contributed by atoms with Crippen molar-refractivity contribution in [1.29, 1.82) is 5.26 Å². The Bertz CT molecular complexity index is 2740. The monoisotopic (exact) mass is 948 g/mol. The fourth-order valence-corrected chi connectivity index (χ4v) is 9.81. The molecule has 2 amide bonds. The molecule has 10 atom stereocenters. The van der Waals surface area contributed by atoms with Gasteiger partial charge in [0.05, 0.1) is 38.4 Å². The smallest absolute Gasteiger partial charge is 0.394 e. The Kier molecular flexibility index (Phi) is 12.6. The highest BCUT2D eigenvalue weighted by atomic mass is 32.5. The molecule has 3 aliphatic rings. The number of nitrogens with zero attached hydrogens (tertiary/aromatic N) is 8. The number of carbonyl (C=O) groups is 2. The van der Waals surface area contributed by atoms with Crippen molar-refractivity contribution < 1.29 is 56.3 Å². The van der Waals surface area contributed by atoms with E-state index in [1.54, 1.807) is 44.2 Å². The van der Waals surface area contributed by atoms with Crippen LogP contribution in [0.1, 0.15) is 50.0 Å². The van der Waals surface area contributed by atoms with Crippen LogP contribution in [0.2, 0.25) is 0 Å². The van der Waals surface area contributed by atoms with Crippen LogP contribution in [0, 0.1) is 17.2 Å². The normalized spacial score (nSPS) is 27.6. The number of epoxide rings is 1. The van der Waals surface area contributed by atoms with Crippen molar-refractivity contribution in [3.8, 4) is 6.07 Å². The van der Waals surface area contributed by atoms with Crippen LogP contribution < -0.4 is 16.2 Å². The van der Waals surface area contributed by atoms with Crippen LogP contribution in [0.3, 0.4) is 0 Å². The number of aliphatic hydroxyl groups excluding tert-OH is 1. The van der Waals surface area contributed by atoms with Gasteiger partial charge < -0.3 is 34.1 Å². The summed E-state index contributed by atoms with van der Waals surface area (Å²) in [6.07, 6.45) is -5.12. The number of alkyl halides is 1. The summed E-state index contributed by atoms with van der Waals surface area (Å²) in [6.45, 7) is -1.21. The molecule has 4 aromatic heterocycles. The highest BCUT2D eigenvalue weighted by Crippen LogP contribution is 2.65. The van der Waals surface area contributed by atoms with Gasteiger partial charge in [-0.05, 0) is 30.9 Å². The number of anilines is 2. The lowest BCUT2D eigenvalue weighted by Crippen LogP contribution is -2.46. The Balaban J connectivity index is 1.05. The minimum Gasteiger partial charge on any atom is -0.394 e. The summed E-state index contributed by atoms with van der Waals surface area (Å²) in [5.74, 6) is -3.17. The second-order valence-corrected chi connectivity index (χ2v) is 19.3. The number of fused-ring (bicyclic) bond motifs is 3. The van der Waals surface area contributed by atoms with Crippen LogP contribution in [0.4, 0.5) is 16.2 Å². The molecule has 3 unspecified atom stereocenters. The number of nitrogens with one attached hydrogen (secondary N) is 3. The zero-order valence-electron chi connectivity index (χ0n) is 33.1. The van der Waals surface area contributed by atoms with E-state index in [4.69, 9.17) is 61.2 Å². The number of aromatic nitrogens is 8. The van der Waals surface area contributed by atoms with Crippen molar-refractivity contribution >= 4 is 83.4 Å². The highest BCUT2D eigenvalue weighted by molar-refractivity contribution is 8.07. The number of nitriles is 1. The molecular weight excluding hydrogens is 912 g/mol. The van der Waals surface area contributed by atoms with E-state index in [0.29, 0.717) is 5.56 Å². The van der Waals surface area contributed by atoms with Crippen molar-refractivity contribution in [2.24, 2.45) is 5.92 Å². The molecule has 0 spiro atoms. The Morgan fingerprint density at radius 2 is 1.84 bits per heavy atom. The lowest BCUT2D eigenvalue weighted by molar-refractivity contribution is -0.196. The van der Waals surface area contributed by atoms with Crippen LogP contribution in [-0.2, 0) is 60.7 Å². The first-order valence-corrected chi connectivity index (χ1v) is 23.8. The Morgan fingerprint density at radius 1 is 1.11 bits per heavy atom. The fourth-order valence-electron chi connectivity index (χ4n) is 6.95. The van der Waals surface area contributed by atoms with Gasteiger partial charge in [0.25, 0.3) is 17.3 Å². The summed E-state index contributed by atoms with van der Waals surface area (Å²) < 4.78 is 60.6. The van der Waals surface area contributed by atoms with Gasteiger partial charge in [0.2, 0.25) is 23.7 Å². The predicted octanol–water partition coefficient (Wildman–Crippen LogP) is 2.76. The zero-order valence-corrected chi connectivity index (χ0v) is 36.6. The maximum atomic E-state index is 16.0. The summed E-state index contributed by atoms with van der Waals surface area (Å²) in [5.41, 5.74) is -1.93. The molecule has 28 heteroatoms. The van der Waals surface area contributed by atoms with Gasteiger partial charge in [0, 0.05) is 11.5 Å². The van der Waals surface area contributed by atoms with Crippen molar-refractivity contribution in [3.63, 3.8) is 0 Å². The third-order valence-corrected chi connectivity index (χ3v) is 13.1. The number of imidazole rings is 2. The second kappa shape index (κ2) is 17.7. The molecule has 5 N–H and O–H groups in total. The van der Waals surface area contributed by atoms with E-state index in [-0.39, 0.29) is 47.1 Å². The van der Waals surface area contributed by atoms with Gasteiger partial charge in [-0.1, -0.05) is 36.6 Å². The first kappa shape index (κ1) is 44.9. The van der Waals surface area contributed by atoms with Gasteiger partial charge in [-0.15, -0.1) is 4.52 Å². The molecule has 0 aliphatic carbocycles. The van der Waals surface area contributed by atoms with E-state index < -0.39 is 98.7 Å². The summed E-state index contributed by atoms with van der Waals surface area (Å²) in [4.78, 5) is 73.6. The molecule has 7 heterocycles. The first-order valence-electron chi connectivity index (χ1n) is 19.0. The highest BCUT2D eigenvalue weighted by Gasteiger charge is 2.83. The third-order valence-electron chi connectivity index (χ3n) is 10.2. The molecule has 0 saturated carbocycles. The van der Waals surface area contributed by atoms with E-state index in [1.165, 1.54) is 24.1 Å². The number of halogens is 1. The van der Waals surface area contributed by atoms with E-state index in [1.807, 2.05) is 6.07 Å². The third kappa shape index (κ3) is 8.65. The van der Waals surface area contributed by atoms with E-state index in [0.717, 1.165) is 10.9 Å². The first-order chi connectivity index (χ1) is 30.1. The summed E-state index contributed by atoms with van der Waals surface area (Å²) in [5, 5.41) is 24.2. The molecular formula is C35H37FN11O12P2S2+. The standard InChI is InChI=1S/C35H36FN11O12P2S2/c1-17(2)28(49)44-33-43-27-22(30(51)45-33)41-16-47(27)31-23(20(36)19(12-48)55-31)58-61(52,63)54-13-34(3)35(59-60(62)53-11-7-10-37)24(56-35)32(57-34)46-15-40-21-25(38-14-39-26(21)46)42-29(50)18-8-5-4-6-9-18/h4-6,8-9,14-17,19-20,23-24,31-32,48H,7,11-13H2,1-3H3,(H3-,38,39,42,43,44,45,49,50,51,52,63)/p+1/t19-,20+,23-,24+,31-,32-,34?,35+,61?/m1/s1. The molecule has 0 radical (unpaired) electrons. The number of rotatable bonds is 17. The average molecular weight is 949 g/mol. The molecule has 1 aromatic carbocycles. The van der Waals surface area contributed by atoms with Crippen LogP contribution in [0.15, 0.2) is 54.1 Å². The number of hydrogen-bond donors (Lipinski definition) is 5. The van der Waals surface area contributed by atoms with Gasteiger partial charge in [0.1, 0.15) is 25.1 Å². The van der Waals surface area contributed by atoms with Crippen LogP contribution in [-0.4, -0.2) is 117 Å². The number of aromatic amines is 1. The van der Waals surface area contributed by atoms with Crippen molar-refractivity contribution in [1.82, 2.24) is 39.0 Å². The number of aliphatic hydroxyl groups is 1. The number of H-pyrrole nitrogens is 1. The Morgan fingerprint density at radius 3 is 2.56 bits per heavy atom. The number of ether oxygens (including phenoxy) is 3. The summed E-state index contributed by atoms with van der Waals surface area (Å²) >= 11 is 10.9. The number of carbonyl (C=O) groups excluding carboxylic acids is 2. The lowest BCUT2D eigenvalue weighted by Gasteiger charge is -2.32. The van der Waals surface area contributed by atoms with Crippen molar-refractivity contribution in [2.75, 3.05) is 30.5 Å². The maximum absolute atomic E-state index is 16.0. The van der Waals surface area contributed by atoms with Crippen LogP contribution in [0.25, 0.3) is 22.3 Å². The van der Waals surface area contributed by atoms with Crippen molar-refractivity contribution in [2.45, 2.75) is 75.5 Å². The van der Waals surface area contributed by atoms with E-state index >= 15 is 4.39 Å². The molecule has 3 fully saturated rings. The molecule has 3 aliphatic heterocycles. The molecule has 0 bridgehead atoms. The molecule has 5 aromatic rings. The summed E-state index contributed by atoms with van der Waals surface area (Å²) in [6, 6.07) is 10.4. The Labute approximate surface area is 366 Å². The minimum absolute atomic E-state index is 0.0279. The largest absolute Gasteiger partial charge is 0.524 e. The van der Waals surface area contributed by atoms with Gasteiger partial charge in [0.15, 0.2) is 58.5 Å².